The van der Waals surface area contributed by atoms with Crippen molar-refractivity contribution < 1.29 is 10.2 Å². The van der Waals surface area contributed by atoms with Crippen LogP contribution in [0.25, 0.3) is 11.4 Å². The largest absolute Gasteiger partial charge is 0.506 e. The first-order chi connectivity index (χ1) is 21.8. The van der Waals surface area contributed by atoms with Crippen LogP contribution in [0.3, 0.4) is 0 Å². The number of nitrogens with one attached hydrogen (secondary N) is 1. The molecule has 0 atom stereocenters. The van der Waals surface area contributed by atoms with E-state index < -0.39 is 0 Å². The molecule has 0 radical (unpaired) electrons. The van der Waals surface area contributed by atoms with Gasteiger partial charge in [0.1, 0.15) is 22.9 Å². The molecule has 2 heterocycles. The van der Waals surface area contributed by atoms with Crippen LogP contribution >= 0.6 is 0 Å². The highest BCUT2D eigenvalue weighted by molar-refractivity contribution is 5.52. The first-order valence-corrected chi connectivity index (χ1v) is 13.9. The number of hydrogen-bond acceptors (Lipinski definition) is 8. The number of aromatic amines is 1. The molecule has 12 nitrogen and oxygen atoms in total. The molecule has 6 rings (SSSR count). The minimum absolute atomic E-state index is 0.0165. The van der Waals surface area contributed by atoms with Crippen LogP contribution in [0.15, 0.2) is 139 Å². The number of phenols is 2. The number of H-pyrrole nitrogens is 1. The summed E-state index contributed by atoms with van der Waals surface area (Å²) in [5, 5.41) is 38.3. The fourth-order valence-corrected chi connectivity index (χ4v) is 4.39. The molecule has 2 aromatic heterocycles. The second-order valence-electron chi connectivity index (χ2n) is 9.85. The number of para-hydroxylation sites is 4. The van der Waals surface area contributed by atoms with Gasteiger partial charge in [0.15, 0.2) is 11.4 Å². The van der Waals surface area contributed by atoms with Crippen molar-refractivity contribution >= 4 is 22.7 Å². The number of nitrogens with zero attached hydrogens (tertiary/aromatic N) is 7. The quantitative estimate of drug-likeness (QED) is 0.172. The first-order valence-electron chi connectivity index (χ1n) is 13.9. The van der Waals surface area contributed by atoms with Gasteiger partial charge in [-0.1, -0.05) is 60.7 Å². The standard InChI is InChI=1S/C17H16N4O2.C16H14N4O2/c1-12-16(19-18-14-10-6-7-11-15(14)22)17(23)21(20(12)2)13-8-4-3-5-9-13;1-11-15(18-17-13-9-5-6-10-14(13)21)16(22)20(19-11)12-7-3-2-4-8-12/h3-11,22H,1-2H3;2-10,19,21H,1H3. The number of benzene rings is 4. The fraction of sp³-hybridized carbons (Fsp3) is 0.0909. The zero-order chi connectivity index (χ0) is 31.9. The molecule has 0 aliphatic heterocycles. The van der Waals surface area contributed by atoms with Gasteiger partial charge in [-0.05, 0) is 62.4 Å². The summed E-state index contributed by atoms with van der Waals surface area (Å²) in [5.41, 5.74) is 3.33. The molecule has 12 heteroatoms. The number of aromatic hydroxyl groups is 2. The lowest BCUT2D eigenvalue weighted by Gasteiger charge is -2.07. The molecule has 0 spiro atoms. The lowest BCUT2D eigenvalue weighted by atomic mass is 10.3. The topological polar surface area (TPSA) is 155 Å². The summed E-state index contributed by atoms with van der Waals surface area (Å²) in [7, 11) is 1.79. The summed E-state index contributed by atoms with van der Waals surface area (Å²) in [6, 6.07) is 31.7. The van der Waals surface area contributed by atoms with Crippen LogP contribution in [0.5, 0.6) is 11.5 Å². The number of aryl methyl sites for hydroxylation is 1. The average Bonchev–Trinajstić information content (AvgIpc) is 3.46. The molecule has 0 unspecified atom stereocenters. The van der Waals surface area contributed by atoms with Gasteiger partial charge in [0.05, 0.1) is 22.8 Å². The van der Waals surface area contributed by atoms with Crippen molar-refractivity contribution in [3.8, 4) is 22.9 Å². The number of aromatic nitrogens is 4. The number of rotatable bonds is 6. The average molecular weight is 603 g/mol. The Kier molecular flexibility index (Phi) is 8.94. The van der Waals surface area contributed by atoms with Gasteiger partial charge in [-0.2, -0.15) is 0 Å². The van der Waals surface area contributed by atoms with Crippen LogP contribution in [0, 0.1) is 13.8 Å². The van der Waals surface area contributed by atoms with E-state index in [2.05, 4.69) is 25.6 Å². The summed E-state index contributed by atoms with van der Waals surface area (Å²) >= 11 is 0. The highest BCUT2D eigenvalue weighted by Gasteiger charge is 2.16. The Balaban J connectivity index is 0.000000178. The summed E-state index contributed by atoms with van der Waals surface area (Å²) in [6.07, 6.45) is 0. The highest BCUT2D eigenvalue weighted by Crippen LogP contribution is 2.28. The molecule has 0 aliphatic carbocycles. The Morgan fingerprint density at radius 1 is 0.578 bits per heavy atom. The van der Waals surface area contributed by atoms with Gasteiger partial charge in [-0.15, -0.1) is 20.5 Å². The molecule has 0 bridgehead atoms. The van der Waals surface area contributed by atoms with Crippen molar-refractivity contribution in [2.45, 2.75) is 13.8 Å². The van der Waals surface area contributed by atoms with Gasteiger partial charge >= 0.3 is 0 Å². The van der Waals surface area contributed by atoms with Crippen LogP contribution in [0.4, 0.5) is 22.7 Å². The summed E-state index contributed by atoms with van der Waals surface area (Å²) in [5.74, 6) is 0.0380. The molecule has 0 aliphatic rings. The van der Waals surface area contributed by atoms with Gasteiger partial charge in [0, 0.05) is 7.05 Å². The van der Waals surface area contributed by atoms with Gasteiger partial charge in [-0.3, -0.25) is 19.4 Å². The molecular formula is C33H30N8O4. The molecule has 0 saturated carbocycles. The Bertz CT molecular complexity index is 2110. The maximum atomic E-state index is 12.6. The van der Waals surface area contributed by atoms with Gasteiger partial charge in [0.2, 0.25) is 0 Å². The maximum absolute atomic E-state index is 12.6. The van der Waals surface area contributed by atoms with E-state index in [1.54, 1.807) is 62.0 Å². The lowest BCUT2D eigenvalue weighted by molar-refractivity contribution is 0.476. The number of hydrogen-bond donors (Lipinski definition) is 3. The highest BCUT2D eigenvalue weighted by atomic mass is 16.3. The molecule has 0 fully saturated rings. The monoisotopic (exact) mass is 602 g/mol. The summed E-state index contributed by atoms with van der Waals surface area (Å²) < 4.78 is 4.68. The van der Waals surface area contributed by atoms with Gasteiger partial charge in [0.25, 0.3) is 11.1 Å². The van der Waals surface area contributed by atoms with Crippen molar-refractivity contribution in [2.75, 3.05) is 0 Å². The molecule has 0 saturated heterocycles. The van der Waals surface area contributed by atoms with E-state index in [9.17, 15) is 19.8 Å². The van der Waals surface area contributed by atoms with Crippen LogP contribution in [0.2, 0.25) is 0 Å². The van der Waals surface area contributed by atoms with Crippen molar-refractivity contribution in [3.63, 3.8) is 0 Å². The van der Waals surface area contributed by atoms with Crippen molar-refractivity contribution in [2.24, 2.45) is 27.5 Å². The zero-order valence-electron chi connectivity index (χ0n) is 24.7. The van der Waals surface area contributed by atoms with Crippen LogP contribution < -0.4 is 11.1 Å². The summed E-state index contributed by atoms with van der Waals surface area (Å²) in [6.45, 7) is 3.56. The third-order valence-corrected chi connectivity index (χ3v) is 6.86. The second kappa shape index (κ2) is 13.3. The van der Waals surface area contributed by atoms with Gasteiger partial charge < -0.3 is 10.2 Å². The number of azo groups is 2. The van der Waals surface area contributed by atoms with E-state index in [-0.39, 0.29) is 34.0 Å². The van der Waals surface area contributed by atoms with Crippen LogP contribution in [-0.4, -0.2) is 29.4 Å². The van der Waals surface area contributed by atoms with E-state index in [0.717, 1.165) is 11.4 Å². The molecule has 6 aromatic rings. The Labute approximate surface area is 257 Å². The molecule has 4 aromatic carbocycles. The third-order valence-electron chi connectivity index (χ3n) is 6.86. The first kappa shape index (κ1) is 30.2. The van der Waals surface area contributed by atoms with Crippen molar-refractivity contribution in [1.82, 2.24) is 19.1 Å². The Hall–Kier alpha value is -6.30. The zero-order valence-corrected chi connectivity index (χ0v) is 24.7. The molecule has 3 N–H and O–H groups in total. The smallest absolute Gasteiger partial charge is 0.299 e. The van der Waals surface area contributed by atoms with Crippen LogP contribution in [-0.2, 0) is 7.05 Å². The molecule has 0 amide bonds. The number of phenolic OH excluding ortho intramolecular Hbond substituents is 2. The van der Waals surface area contributed by atoms with E-state index in [1.165, 1.54) is 21.5 Å². The van der Waals surface area contributed by atoms with Gasteiger partial charge in [-0.25, -0.2) is 9.36 Å². The van der Waals surface area contributed by atoms with Crippen molar-refractivity contribution in [1.29, 1.82) is 0 Å². The summed E-state index contributed by atoms with van der Waals surface area (Å²) in [4.78, 5) is 25.1. The predicted octanol–water partition coefficient (Wildman–Crippen LogP) is 7.20. The van der Waals surface area contributed by atoms with E-state index in [4.69, 9.17) is 0 Å². The second-order valence-corrected chi connectivity index (χ2v) is 9.85. The lowest BCUT2D eigenvalue weighted by Crippen LogP contribution is -2.19. The normalized spacial score (nSPS) is 11.2. The SMILES string of the molecule is Cc1[nH]n(-c2ccccc2)c(=O)c1N=Nc1ccccc1O.Cc1c(N=Nc2ccccc2O)c(=O)n(-c2ccccc2)n1C. The predicted molar refractivity (Wildman–Crippen MR) is 171 cm³/mol. The van der Waals surface area contributed by atoms with Crippen molar-refractivity contribution in [3.05, 3.63) is 141 Å². The maximum Gasteiger partial charge on any atom is 0.299 e. The third kappa shape index (κ3) is 6.54. The minimum atomic E-state index is -0.289. The molecule has 226 valence electrons. The van der Waals surface area contributed by atoms with E-state index in [1.807, 2.05) is 60.7 Å². The molecule has 45 heavy (non-hydrogen) atoms. The minimum Gasteiger partial charge on any atom is -0.506 e. The van der Waals surface area contributed by atoms with Crippen LogP contribution in [0.1, 0.15) is 11.4 Å². The van der Waals surface area contributed by atoms with E-state index >= 15 is 0 Å². The fourth-order valence-electron chi connectivity index (χ4n) is 4.39. The Morgan fingerprint density at radius 2 is 1.04 bits per heavy atom. The Morgan fingerprint density at radius 3 is 1.58 bits per heavy atom. The molecular weight excluding hydrogens is 572 g/mol. The van der Waals surface area contributed by atoms with E-state index in [0.29, 0.717) is 22.8 Å².